The number of hydrogen-bond acceptors (Lipinski definition) is 3. The van der Waals surface area contributed by atoms with Gasteiger partial charge in [0.05, 0.1) is 26.5 Å². The van der Waals surface area contributed by atoms with Crippen molar-refractivity contribution in [2.45, 2.75) is 13.8 Å². The van der Waals surface area contributed by atoms with Crippen LogP contribution >= 0.6 is 34.5 Å². The molecule has 0 bridgehead atoms. The van der Waals surface area contributed by atoms with E-state index in [9.17, 15) is 5.26 Å². The molecule has 3 nitrogen and oxygen atoms in total. The third-order valence-electron chi connectivity index (χ3n) is 4.56. The largest absolute Gasteiger partial charge is 0.316 e. The van der Waals surface area contributed by atoms with Crippen molar-refractivity contribution in [3.8, 4) is 11.8 Å². The third-order valence-corrected chi connectivity index (χ3v) is 6.19. The van der Waals surface area contributed by atoms with E-state index in [-0.39, 0.29) is 0 Å². The van der Waals surface area contributed by atoms with Gasteiger partial charge in [-0.05, 0) is 61.9 Å². The minimum Gasteiger partial charge on any atom is -0.316 e. The van der Waals surface area contributed by atoms with Gasteiger partial charge in [0.1, 0.15) is 11.1 Å². The van der Waals surface area contributed by atoms with E-state index in [0.29, 0.717) is 20.6 Å². The number of benzene rings is 2. The van der Waals surface area contributed by atoms with Crippen LogP contribution in [-0.4, -0.2) is 9.55 Å². The van der Waals surface area contributed by atoms with Crippen molar-refractivity contribution in [3.05, 3.63) is 80.5 Å². The number of thiazole rings is 1. The van der Waals surface area contributed by atoms with Gasteiger partial charge in [-0.25, -0.2) is 4.98 Å². The number of nitriles is 1. The Bertz CT molecular complexity index is 1240. The van der Waals surface area contributed by atoms with Gasteiger partial charge in [-0.15, -0.1) is 11.3 Å². The zero-order valence-electron chi connectivity index (χ0n) is 15.2. The molecular formula is C22H15Cl2N3S. The predicted molar refractivity (Wildman–Crippen MR) is 118 cm³/mol. The molecule has 4 aromatic rings. The van der Waals surface area contributed by atoms with Crippen LogP contribution in [0.2, 0.25) is 10.0 Å². The lowest BCUT2D eigenvalue weighted by Gasteiger charge is -2.12. The molecule has 0 fully saturated rings. The molecule has 2 aromatic carbocycles. The van der Waals surface area contributed by atoms with Crippen molar-refractivity contribution >= 4 is 56.4 Å². The molecule has 6 heteroatoms. The highest BCUT2D eigenvalue weighted by Gasteiger charge is 2.15. The van der Waals surface area contributed by atoms with Gasteiger partial charge in [0, 0.05) is 16.4 Å². The number of halogens is 2. The number of fused-ring (bicyclic) bond motifs is 1. The fourth-order valence-corrected chi connectivity index (χ4v) is 4.55. The van der Waals surface area contributed by atoms with E-state index in [2.05, 4.69) is 11.1 Å². The first kappa shape index (κ1) is 18.8. The summed E-state index contributed by atoms with van der Waals surface area (Å²) < 4.78 is 3.11. The predicted octanol–water partition coefficient (Wildman–Crippen LogP) is 7.07. The summed E-state index contributed by atoms with van der Waals surface area (Å²) in [5, 5.41) is 11.7. The Morgan fingerprint density at radius 1 is 1.14 bits per heavy atom. The first-order chi connectivity index (χ1) is 13.5. The van der Waals surface area contributed by atoms with Gasteiger partial charge in [0.15, 0.2) is 0 Å². The molecule has 2 heterocycles. The lowest BCUT2D eigenvalue weighted by atomic mass is 10.1. The van der Waals surface area contributed by atoms with Gasteiger partial charge in [0.2, 0.25) is 0 Å². The molecule has 0 saturated heterocycles. The third kappa shape index (κ3) is 3.33. The second-order valence-electron chi connectivity index (χ2n) is 6.41. The molecule has 4 rings (SSSR count). The van der Waals surface area contributed by atoms with Gasteiger partial charge in [-0.2, -0.15) is 5.26 Å². The molecule has 0 spiro atoms. The first-order valence-electron chi connectivity index (χ1n) is 8.60. The van der Waals surface area contributed by atoms with Crippen LogP contribution in [-0.2, 0) is 0 Å². The van der Waals surface area contributed by atoms with Gasteiger partial charge < -0.3 is 4.57 Å². The minimum absolute atomic E-state index is 0.540. The number of para-hydroxylation sites is 1. The van der Waals surface area contributed by atoms with Crippen LogP contribution in [0.4, 0.5) is 0 Å². The molecule has 0 aliphatic carbocycles. The van der Waals surface area contributed by atoms with E-state index < -0.39 is 0 Å². The zero-order valence-corrected chi connectivity index (χ0v) is 17.5. The minimum atomic E-state index is 0.540. The van der Waals surface area contributed by atoms with Crippen LogP contribution in [0.3, 0.4) is 0 Å². The summed E-state index contributed by atoms with van der Waals surface area (Å²) in [4.78, 5) is 4.61. The SMILES string of the molecule is Cc1cc(/C=C(\C#N)c2nc3ccccc3s2)c(C)n1-c1cc(Cl)ccc1Cl. The topological polar surface area (TPSA) is 41.6 Å². The monoisotopic (exact) mass is 423 g/mol. The quantitative estimate of drug-likeness (QED) is 0.330. The van der Waals surface area contributed by atoms with Crippen LogP contribution in [0.15, 0.2) is 48.5 Å². The molecule has 0 atom stereocenters. The Balaban J connectivity index is 1.83. The van der Waals surface area contributed by atoms with E-state index in [1.807, 2.05) is 60.9 Å². The maximum Gasteiger partial charge on any atom is 0.135 e. The van der Waals surface area contributed by atoms with Crippen molar-refractivity contribution in [1.82, 2.24) is 9.55 Å². The highest BCUT2D eigenvalue weighted by molar-refractivity contribution is 7.19. The number of aromatic nitrogens is 2. The van der Waals surface area contributed by atoms with Gasteiger partial charge in [0.25, 0.3) is 0 Å². The second kappa shape index (κ2) is 7.44. The molecule has 0 N–H and O–H groups in total. The average molecular weight is 424 g/mol. The molecule has 0 saturated carbocycles. The van der Waals surface area contributed by atoms with Gasteiger partial charge >= 0.3 is 0 Å². The van der Waals surface area contributed by atoms with Crippen LogP contribution in [0.25, 0.3) is 27.6 Å². The summed E-state index contributed by atoms with van der Waals surface area (Å²) in [6.07, 6.45) is 1.88. The van der Waals surface area contributed by atoms with Crippen LogP contribution in [0, 0.1) is 25.2 Å². The number of aryl methyl sites for hydroxylation is 1. The molecule has 138 valence electrons. The van der Waals surface area contributed by atoms with Crippen molar-refractivity contribution in [3.63, 3.8) is 0 Å². The summed E-state index contributed by atoms with van der Waals surface area (Å²) in [5.41, 5.74) is 5.20. The van der Waals surface area contributed by atoms with Gasteiger partial charge in [-0.3, -0.25) is 0 Å². The average Bonchev–Trinajstić information content (AvgIpc) is 3.22. The molecule has 0 radical (unpaired) electrons. The maximum absolute atomic E-state index is 9.73. The Kier molecular flexibility index (Phi) is 4.99. The van der Waals surface area contributed by atoms with Crippen molar-refractivity contribution in [2.24, 2.45) is 0 Å². The molecule has 0 aliphatic heterocycles. The summed E-state index contributed by atoms with van der Waals surface area (Å²) in [7, 11) is 0. The lowest BCUT2D eigenvalue weighted by Crippen LogP contribution is -2.00. The van der Waals surface area contributed by atoms with Gasteiger partial charge in [-0.1, -0.05) is 35.3 Å². The van der Waals surface area contributed by atoms with Crippen LogP contribution in [0.5, 0.6) is 0 Å². The molecule has 0 amide bonds. The van der Waals surface area contributed by atoms with E-state index >= 15 is 0 Å². The number of nitrogens with zero attached hydrogens (tertiary/aromatic N) is 3. The maximum atomic E-state index is 9.73. The fourth-order valence-electron chi connectivity index (χ4n) is 3.25. The second-order valence-corrected chi connectivity index (χ2v) is 8.29. The molecule has 0 aliphatic rings. The highest BCUT2D eigenvalue weighted by atomic mass is 35.5. The van der Waals surface area contributed by atoms with E-state index in [4.69, 9.17) is 23.2 Å². The molecule has 0 unspecified atom stereocenters. The summed E-state index contributed by atoms with van der Waals surface area (Å²) in [6, 6.07) is 17.6. The standard InChI is InChI=1S/C22H15Cl2N3S/c1-13-9-15(14(2)27(13)20-11-17(23)7-8-18(20)24)10-16(12-25)22-26-19-5-3-4-6-21(19)28-22/h3-11H,1-2H3/b16-10+. The summed E-state index contributed by atoms with van der Waals surface area (Å²) >= 11 is 14.1. The van der Waals surface area contributed by atoms with Crippen molar-refractivity contribution in [1.29, 1.82) is 5.26 Å². The van der Waals surface area contributed by atoms with Crippen LogP contribution in [0.1, 0.15) is 22.0 Å². The summed E-state index contributed by atoms with van der Waals surface area (Å²) in [5.74, 6) is 0. The molecule has 28 heavy (non-hydrogen) atoms. The van der Waals surface area contributed by atoms with Crippen molar-refractivity contribution in [2.75, 3.05) is 0 Å². The number of hydrogen-bond donors (Lipinski definition) is 0. The normalized spacial score (nSPS) is 11.8. The lowest BCUT2D eigenvalue weighted by molar-refractivity contribution is 0.965. The van der Waals surface area contributed by atoms with Crippen LogP contribution < -0.4 is 0 Å². The number of rotatable bonds is 3. The first-order valence-corrected chi connectivity index (χ1v) is 10.2. The molecular weight excluding hydrogens is 409 g/mol. The fraction of sp³-hybridized carbons (Fsp3) is 0.0909. The summed E-state index contributed by atoms with van der Waals surface area (Å²) in [6.45, 7) is 4.01. The van der Waals surface area contributed by atoms with Crippen molar-refractivity contribution < 1.29 is 0 Å². The van der Waals surface area contributed by atoms with E-state index in [0.717, 1.165) is 32.9 Å². The Hall–Kier alpha value is -2.58. The Morgan fingerprint density at radius 2 is 1.93 bits per heavy atom. The van der Waals surface area contributed by atoms with E-state index in [1.165, 1.54) is 11.3 Å². The Labute approximate surface area is 177 Å². The highest BCUT2D eigenvalue weighted by Crippen LogP contribution is 2.32. The van der Waals surface area contributed by atoms with E-state index in [1.54, 1.807) is 12.1 Å². The smallest absolute Gasteiger partial charge is 0.135 e. The molecule has 2 aromatic heterocycles. The Morgan fingerprint density at radius 3 is 2.68 bits per heavy atom. The number of allylic oxidation sites excluding steroid dienone is 1. The zero-order chi connectivity index (χ0) is 19.8.